The fourth-order valence-corrected chi connectivity index (χ4v) is 3.42. The maximum atomic E-state index is 12.0. The Hall–Kier alpha value is -1.38. The third-order valence-electron chi connectivity index (χ3n) is 3.88. The van der Waals surface area contributed by atoms with E-state index < -0.39 is 16.1 Å². The molecule has 2 heterocycles. The van der Waals surface area contributed by atoms with E-state index in [1.807, 2.05) is 0 Å². The minimum Gasteiger partial charge on any atom is -0.467 e. The van der Waals surface area contributed by atoms with Crippen LogP contribution in [0.2, 0.25) is 0 Å². The van der Waals surface area contributed by atoms with Gasteiger partial charge in [0.05, 0.1) is 12.5 Å². The van der Waals surface area contributed by atoms with E-state index >= 15 is 0 Å². The maximum Gasteiger partial charge on any atom is 0.223 e. The Morgan fingerprint density at radius 1 is 1.50 bits per heavy atom. The lowest BCUT2D eigenvalue weighted by molar-refractivity contribution is -0.126. The summed E-state index contributed by atoms with van der Waals surface area (Å²) in [5, 5.41) is 12.6. The fraction of sp³-hybridized carbons (Fsp3) is 0.643. The molecule has 8 heteroatoms. The van der Waals surface area contributed by atoms with Crippen LogP contribution in [-0.4, -0.2) is 49.6 Å². The number of piperidine rings is 1. The van der Waals surface area contributed by atoms with E-state index in [-0.39, 0.29) is 11.8 Å². The van der Waals surface area contributed by atoms with Crippen molar-refractivity contribution in [3.63, 3.8) is 0 Å². The Labute approximate surface area is 130 Å². The van der Waals surface area contributed by atoms with Crippen LogP contribution in [0, 0.1) is 5.92 Å². The third-order valence-corrected chi connectivity index (χ3v) is 5.19. The number of hydrogen-bond acceptors (Lipinski definition) is 5. The standard InChI is InChI=1S/C14H22N2O5S/c1-22(19,20)16-8-5-11(6-9-16)14(18)15-7-4-12(17)13-3-2-10-21-13/h2-3,10-12,17H,4-9H2,1H3,(H,15,18). The molecule has 1 aromatic rings. The molecule has 2 rings (SSSR count). The molecule has 22 heavy (non-hydrogen) atoms. The van der Waals surface area contributed by atoms with E-state index in [2.05, 4.69) is 5.32 Å². The van der Waals surface area contributed by atoms with Gasteiger partial charge < -0.3 is 14.8 Å². The molecule has 0 bridgehead atoms. The van der Waals surface area contributed by atoms with Gasteiger partial charge in [0.2, 0.25) is 15.9 Å². The summed E-state index contributed by atoms with van der Waals surface area (Å²) < 4.78 is 29.3. The number of amides is 1. The molecule has 0 aliphatic carbocycles. The molecule has 0 saturated carbocycles. The molecule has 1 atom stereocenters. The molecule has 1 aliphatic rings. The van der Waals surface area contributed by atoms with E-state index in [4.69, 9.17) is 4.42 Å². The van der Waals surface area contributed by atoms with E-state index in [1.54, 1.807) is 12.1 Å². The molecule has 1 aliphatic heterocycles. The van der Waals surface area contributed by atoms with Gasteiger partial charge in [-0.25, -0.2) is 12.7 Å². The molecule has 0 radical (unpaired) electrons. The zero-order chi connectivity index (χ0) is 16.2. The van der Waals surface area contributed by atoms with Gasteiger partial charge in [-0.2, -0.15) is 0 Å². The lowest BCUT2D eigenvalue weighted by Crippen LogP contribution is -2.42. The SMILES string of the molecule is CS(=O)(=O)N1CCC(C(=O)NCCC(O)c2ccco2)CC1. The highest BCUT2D eigenvalue weighted by Crippen LogP contribution is 2.20. The molecular weight excluding hydrogens is 308 g/mol. The van der Waals surface area contributed by atoms with Crippen molar-refractivity contribution in [1.29, 1.82) is 0 Å². The minimum atomic E-state index is -3.17. The molecular formula is C14H22N2O5S. The van der Waals surface area contributed by atoms with E-state index in [0.717, 1.165) is 0 Å². The molecule has 2 N–H and O–H groups in total. The first kappa shape index (κ1) is 17.0. The monoisotopic (exact) mass is 330 g/mol. The predicted octanol–water partition coefficient (Wildman–Crippen LogP) is 0.491. The van der Waals surface area contributed by atoms with Crippen LogP contribution in [0.4, 0.5) is 0 Å². The molecule has 0 spiro atoms. The first-order valence-corrected chi connectivity index (χ1v) is 9.17. The highest BCUT2D eigenvalue weighted by atomic mass is 32.2. The quantitative estimate of drug-likeness (QED) is 0.791. The first-order chi connectivity index (χ1) is 10.4. The number of nitrogens with one attached hydrogen (secondary N) is 1. The number of carbonyl (C=O) groups is 1. The van der Waals surface area contributed by atoms with Crippen molar-refractivity contribution in [3.8, 4) is 0 Å². The van der Waals surface area contributed by atoms with Crippen molar-refractivity contribution in [2.75, 3.05) is 25.9 Å². The lowest BCUT2D eigenvalue weighted by atomic mass is 9.97. The summed E-state index contributed by atoms with van der Waals surface area (Å²) in [6, 6.07) is 3.39. The van der Waals surface area contributed by atoms with Gasteiger partial charge in [-0.15, -0.1) is 0 Å². The number of aliphatic hydroxyl groups excluding tert-OH is 1. The van der Waals surface area contributed by atoms with Crippen LogP contribution < -0.4 is 5.32 Å². The highest BCUT2D eigenvalue weighted by Gasteiger charge is 2.28. The van der Waals surface area contributed by atoms with E-state index in [9.17, 15) is 18.3 Å². The number of sulfonamides is 1. The van der Waals surface area contributed by atoms with Gasteiger partial charge in [-0.3, -0.25) is 4.79 Å². The number of furan rings is 1. The van der Waals surface area contributed by atoms with Crippen LogP contribution in [0.3, 0.4) is 0 Å². The molecule has 124 valence electrons. The van der Waals surface area contributed by atoms with Crippen LogP contribution in [0.1, 0.15) is 31.1 Å². The van der Waals surface area contributed by atoms with Gasteiger partial charge in [-0.05, 0) is 31.4 Å². The van der Waals surface area contributed by atoms with Crippen LogP contribution in [0.15, 0.2) is 22.8 Å². The Bertz CT molecular complexity index is 576. The average molecular weight is 330 g/mol. The van der Waals surface area contributed by atoms with Gasteiger partial charge in [0.1, 0.15) is 11.9 Å². The topological polar surface area (TPSA) is 99.9 Å². The van der Waals surface area contributed by atoms with Crippen LogP contribution >= 0.6 is 0 Å². The van der Waals surface area contributed by atoms with E-state index in [1.165, 1.54) is 16.8 Å². The molecule has 1 unspecified atom stereocenters. The number of aliphatic hydroxyl groups is 1. The molecule has 1 saturated heterocycles. The van der Waals surface area contributed by atoms with Gasteiger partial charge in [-0.1, -0.05) is 0 Å². The second-order valence-electron chi connectivity index (χ2n) is 5.55. The second-order valence-corrected chi connectivity index (χ2v) is 7.53. The maximum absolute atomic E-state index is 12.0. The summed E-state index contributed by atoms with van der Waals surface area (Å²) in [7, 11) is -3.17. The van der Waals surface area contributed by atoms with Crippen molar-refractivity contribution >= 4 is 15.9 Å². The van der Waals surface area contributed by atoms with Crippen molar-refractivity contribution in [2.24, 2.45) is 5.92 Å². The second kappa shape index (κ2) is 7.26. The van der Waals surface area contributed by atoms with Crippen molar-refractivity contribution in [3.05, 3.63) is 24.2 Å². The van der Waals surface area contributed by atoms with Gasteiger partial charge >= 0.3 is 0 Å². The smallest absolute Gasteiger partial charge is 0.223 e. The highest BCUT2D eigenvalue weighted by molar-refractivity contribution is 7.88. The van der Waals surface area contributed by atoms with Gasteiger partial charge in [0.25, 0.3) is 0 Å². The Morgan fingerprint density at radius 2 is 2.18 bits per heavy atom. The Kier molecular flexibility index (Phi) is 5.60. The Balaban J connectivity index is 1.70. The van der Waals surface area contributed by atoms with Crippen LogP contribution in [-0.2, 0) is 14.8 Å². The van der Waals surface area contributed by atoms with Crippen molar-refractivity contribution in [1.82, 2.24) is 9.62 Å². The summed E-state index contributed by atoms with van der Waals surface area (Å²) in [4.78, 5) is 12.0. The van der Waals surface area contributed by atoms with Crippen LogP contribution in [0.5, 0.6) is 0 Å². The summed E-state index contributed by atoms with van der Waals surface area (Å²) in [6.45, 7) is 1.12. The Morgan fingerprint density at radius 3 is 2.73 bits per heavy atom. The summed E-state index contributed by atoms with van der Waals surface area (Å²) in [5.74, 6) is 0.231. The third kappa shape index (κ3) is 4.56. The van der Waals surface area contributed by atoms with Crippen molar-refractivity contribution in [2.45, 2.75) is 25.4 Å². The van der Waals surface area contributed by atoms with E-state index in [0.29, 0.717) is 44.7 Å². The average Bonchev–Trinajstić information content (AvgIpc) is 3.00. The number of nitrogens with zero attached hydrogens (tertiary/aromatic N) is 1. The molecule has 1 amide bonds. The van der Waals surface area contributed by atoms with Gasteiger partial charge in [0.15, 0.2) is 0 Å². The summed E-state index contributed by atoms with van der Waals surface area (Å²) in [6.07, 6.45) is 3.37. The van der Waals surface area contributed by atoms with Crippen LogP contribution in [0.25, 0.3) is 0 Å². The number of rotatable bonds is 6. The summed E-state index contributed by atoms with van der Waals surface area (Å²) in [5.41, 5.74) is 0. The predicted molar refractivity (Wildman–Crippen MR) is 80.4 cm³/mol. The lowest BCUT2D eigenvalue weighted by Gasteiger charge is -2.29. The minimum absolute atomic E-state index is 0.0835. The summed E-state index contributed by atoms with van der Waals surface area (Å²) >= 11 is 0. The number of hydrogen-bond donors (Lipinski definition) is 2. The number of carbonyl (C=O) groups excluding carboxylic acids is 1. The fourth-order valence-electron chi connectivity index (χ4n) is 2.55. The zero-order valence-electron chi connectivity index (χ0n) is 12.6. The largest absolute Gasteiger partial charge is 0.467 e. The first-order valence-electron chi connectivity index (χ1n) is 7.32. The van der Waals surface area contributed by atoms with Gasteiger partial charge in [0, 0.05) is 25.6 Å². The molecule has 1 fully saturated rings. The van der Waals surface area contributed by atoms with Crippen molar-refractivity contribution < 1.29 is 22.7 Å². The molecule has 7 nitrogen and oxygen atoms in total. The normalized spacial score (nSPS) is 19.0. The molecule has 0 aromatic carbocycles. The zero-order valence-corrected chi connectivity index (χ0v) is 13.4. The molecule has 1 aromatic heterocycles.